The molecule has 8 aromatic carbocycles. The van der Waals surface area contributed by atoms with Crippen LogP contribution in [0.2, 0.25) is 0 Å². The average Bonchev–Trinajstić information content (AvgIpc) is 3.86. The highest BCUT2D eigenvalue weighted by atomic mass is 32.1. The van der Waals surface area contributed by atoms with Gasteiger partial charge < -0.3 is 4.42 Å². The van der Waals surface area contributed by atoms with E-state index in [1.807, 2.05) is 53.8 Å². The Bertz CT molecular complexity index is 3230. The first-order valence-corrected chi connectivity index (χ1v) is 19.5. The number of para-hydroxylation sites is 2. The van der Waals surface area contributed by atoms with Crippen LogP contribution in [0.25, 0.3) is 110 Å². The molecule has 0 aliphatic heterocycles. The normalized spacial score (nSPS) is 11.6. The van der Waals surface area contributed by atoms with Gasteiger partial charge in [0.15, 0.2) is 17.5 Å². The van der Waals surface area contributed by atoms with E-state index >= 15 is 0 Å². The molecule has 262 valence electrons. The zero-order valence-electron chi connectivity index (χ0n) is 30.1. The predicted octanol–water partition coefficient (Wildman–Crippen LogP) is 14.1. The van der Waals surface area contributed by atoms with Crippen molar-refractivity contribution in [2.45, 2.75) is 0 Å². The number of fused-ring (bicyclic) bond motifs is 6. The smallest absolute Gasteiger partial charge is 0.167 e. The Kier molecular flexibility index (Phi) is 7.64. The fourth-order valence-electron chi connectivity index (χ4n) is 7.86. The third-order valence-corrected chi connectivity index (χ3v) is 11.7. The van der Waals surface area contributed by atoms with Gasteiger partial charge in [-0.2, -0.15) is 0 Å². The summed E-state index contributed by atoms with van der Waals surface area (Å²) < 4.78 is 9.46. The van der Waals surface area contributed by atoms with Crippen LogP contribution in [0.1, 0.15) is 0 Å². The van der Waals surface area contributed by atoms with Crippen molar-refractivity contribution in [2.75, 3.05) is 0 Å². The van der Waals surface area contributed by atoms with E-state index in [4.69, 9.17) is 19.4 Å². The number of rotatable bonds is 6. The highest BCUT2D eigenvalue weighted by Crippen LogP contribution is 2.44. The minimum Gasteiger partial charge on any atom is -0.455 e. The van der Waals surface area contributed by atoms with Crippen LogP contribution in [0.5, 0.6) is 0 Å². The maximum Gasteiger partial charge on any atom is 0.167 e. The highest BCUT2D eigenvalue weighted by molar-refractivity contribution is 7.26. The van der Waals surface area contributed by atoms with E-state index < -0.39 is 0 Å². The second-order valence-electron chi connectivity index (χ2n) is 13.9. The van der Waals surface area contributed by atoms with Gasteiger partial charge in [-0.05, 0) is 46.0 Å². The van der Waals surface area contributed by atoms with E-state index in [0.29, 0.717) is 17.5 Å². The van der Waals surface area contributed by atoms with E-state index in [1.165, 1.54) is 31.3 Å². The molecule has 0 amide bonds. The molecule has 0 fully saturated rings. The standard InChI is InChI=1S/C51H31N3OS/c1-4-13-32(14-5-1)33-25-27-36(28-26-33)50-52-49(35-17-8-3-9-18-35)53-51(54-50)43-23-11-22-41-40-21-10-20-39(47(40)55-48(41)43)37-29-30-42-45(31-37)56-44-24-12-19-38(46(42)44)34-15-6-2-7-16-34/h1-31H. The van der Waals surface area contributed by atoms with Gasteiger partial charge in [-0.25, -0.2) is 15.0 Å². The summed E-state index contributed by atoms with van der Waals surface area (Å²) in [5.41, 5.74) is 11.2. The predicted molar refractivity (Wildman–Crippen MR) is 233 cm³/mol. The van der Waals surface area contributed by atoms with Crippen molar-refractivity contribution in [3.05, 3.63) is 188 Å². The molecular weight excluding hydrogens is 703 g/mol. The van der Waals surface area contributed by atoms with Gasteiger partial charge >= 0.3 is 0 Å². The molecule has 11 aromatic rings. The highest BCUT2D eigenvalue weighted by Gasteiger charge is 2.20. The van der Waals surface area contributed by atoms with Crippen molar-refractivity contribution in [1.29, 1.82) is 0 Å². The maximum atomic E-state index is 6.93. The molecule has 0 spiro atoms. The molecule has 0 bridgehead atoms. The van der Waals surface area contributed by atoms with Gasteiger partial charge in [0.1, 0.15) is 11.2 Å². The fourth-order valence-corrected chi connectivity index (χ4v) is 9.03. The summed E-state index contributed by atoms with van der Waals surface area (Å²) >= 11 is 1.83. The molecule has 4 nitrogen and oxygen atoms in total. The maximum absolute atomic E-state index is 6.93. The average molecular weight is 734 g/mol. The molecule has 0 unspecified atom stereocenters. The first-order chi connectivity index (χ1) is 27.7. The SMILES string of the molecule is c1ccc(-c2ccc(-c3nc(-c4ccccc4)nc(-c4cccc5c4oc4c(-c6ccc7c(c6)sc6cccc(-c8ccccc8)c67)cccc45)n3)cc2)cc1. The van der Waals surface area contributed by atoms with Crippen molar-refractivity contribution in [3.8, 4) is 67.5 Å². The molecule has 0 aliphatic rings. The zero-order valence-corrected chi connectivity index (χ0v) is 30.9. The summed E-state index contributed by atoms with van der Waals surface area (Å²) in [7, 11) is 0. The molecule has 0 aliphatic carbocycles. The molecule has 3 heterocycles. The summed E-state index contributed by atoms with van der Waals surface area (Å²) in [5.74, 6) is 1.78. The number of hydrogen-bond acceptors (Lipinski definition) is 5. The fraction of sp³-hybridized carbons (Fsp3) is 0. The van der Waals surface area contributed by atoms with Crippen molar-refractivity contribution in [1.82, 2.24) is 15.0 Å². The van der Waals surface area contributed by atoms with Crippen LogP contribution < -0.4 is 0 Å². The van der Waals surface area contributed by atoms with E-state index in [9.17, 15) is 0 Å². The summed E-state index contributed by atoms with van der Waals surface area (Å²) in [6, 6.07) is 65.6. The van der Waals surface area contributed by atoms with Gasteiger partial charge in [0.2, 0.25) is 0 Å². The molecule has 11 rings (SSSR count). The number of nitrogens with zero attached hydrogens (tertiary/aromatic N) is 3. The lowest BCUT2D eigenvalue weighted by Gasteiger charge is -2.09. The van der Waals surface area contributed by atoms with Gasteiger partial charge in [-0.15, -0.1) is 11.3 Å². The van der Waals surface area contributed by atoms with Crippen LogP contribution in [0.3, 0.4) is 0 Å². The third-order valence-electron chi connectivity index (χ3n) is 10.6. The van der Waals surface area contributed by atoms with Crippen LogP contribution in [0.15, 0.2) is 192 Å². The van der Waals surface area contributed by atoms with E-state index in [0.717, 1.165) is 60.9 Å². The number of aromatic nitrogens is 3. The van der Waals surface area contributed by atoms with Gasteiger partial charge in [-0.3, -0.25) is 0 Å². The van der Waals surface area contributed by atoms with E-state index in [1.54, 1.807) is 0 Å². The number of furan rings is 1. The topological polar surface area (TPSA) is 51.8 Å². The summed E-state index contributed by atoms with van der Waals surface area (Å²) in [6.45, 7) is 0. The van der Waals surface area contributed by atoms with Gasteiger partial charge in [0.05, 0.1) is 5.56 Å². The number of benzene rings is 8. The van der Waals surface area contributed by atoms with Crippen LogP contribution in [-0.2, 0) is 0 Å². The Hall–Kier alpha value is -7.21. The Morgan fingerprint density at radius 2 is 0.821 bits per heavy atom. The lowest BCUT2D eigenvalue weighted by molar-refractivity contribution is 0.670. The molecule has 0 N–H and O–H groups in total. The quantitative estimate of drug-likeness (QED) is 0.171. The molecule has 0 atom stereocenters. The lowest BCUT2D eigenvalue weighted by Crippen LogP contribution is -2.00. The number of hydrogen-bond donors (Lipinski definition) is 0. The largest absolute Gasteiger partial charge is 0.455 e. The third kappa shape index (κ3) is 5.48. The lowest BCUT2D eigenvalue weighted by atomic mass is 9.97. The van der Waals surface area contributed by atoms with Crippen molar-refractivity contribution < 1.29 is 4.42 Å². The Balaban J connectivity index is 1.05. The van der Waals surface area contributed by atoms with Crippen LogP contribution in [0.4, 0.5) is 0 Å². The number of thiophene rings is 1. The second kappa shape index (κ2) is 13.3. The summed E-state index contributed by atoms with van der Waals surface area (Å²) in [5, 5.41) is 4.64. The van der Waals surface area contributed by atoms with Gasteiger partial charge in [0, 0.05) is 47.6 Å². The van der Waals surface area contributed by atoms with Gasteiger partial charge in [-0.1, -0.05) is 170 Å². The van der Waals surface area contributed by atoms with Crippen molar-refractivity contribution >= 4 is 53.4 Å². The van der Waals surface area contributed by atoms with Crippen molar-refractivity contribution in [2.24, 2.45) is 0 Å². The molecule has 56 heavy (non-hydrogen) atoms. The van der Waals surface area contributed by atoms with E-state index in [2.05, 4.69) is 146 Å². The summed E-state index contributed by atoms with van der Waals surface area (Å²) in [4.78, 5) is 15.2. The van der Waals surface area contributed by atoms with Gasteiger partial charge in [0.25, 0.3) is 0 Å². The first-order valence-electron chi connectivity index (χ1n) is 18.7. The molecule has 5 heteroatoms. The van der Waals surface area contributed by atoms with Crippen LogP contribution >= 0.6 is 11.3 Å². The van der Waals surface area contributed by atoms with Crippen molar-refractivity contribution in [3.63, 3.8) is 0 Å². The minimum absolute atomic E-state index is 0.563. The first kappa shape index (κ1) is 32.2. The molecule has 0 radical (unpaired) electrons. The molecular formula is C51H31N3OS. The zero-order chi connectivity index (χ0) is 37.0. The van der Waals surface area contributed by atoms with Crippen LogP contribution in [-0.4, -0.2) is 15.0 Å². The molecule has 0 saturated heterocycles. The van der Waals surface area contributed by atoms with Crippen LogP contribution in [0, 0.1) is 0 Å². The van der Waals surface area contributed by atoms with E-state index in [-0.39, 0.29) is 0 Å². The minimum atomic E-state index is 0.563. The molecule has 0 saturated carbocycles. The second-order valence-corrected chi connectivity index (χ2v) is 15.0. The Morgan fingerprint density at radius 1 is 0.321 bits per heavy atom. The Morgan fingerprint density at radius 3 is 1.52 bits per heavy atom. The Labute approximate surface area is 327 Å². The molecule has 3 aromatic heterocycles. The monoisotopic (exact) mass is 733 g/mol. The summed E-state index contributed by atoms with van der Waals surface area (Å²) in [6.07, 6.45) is 0.